The monoisotopic (exact) mass is 320 g/mol. The standard InChI is InChI=1S/C14H13BrN2O2/c15-11-3-1-2-9(6-11)8-17-13-7-10(14(18)19)4-5-12(13)16/h1-7,17H,8,16H2,(H,18,19). The van der Waals surface area contributed by atoms with E-state index in [-0.39, 0.29) is 5.56 Å². The summed E-state index contributed by atoms with van der Waals surface area (Å²) in [5.41, 5.74) is 8.26. The van der Waals surface area contributed by atoms with E-state index >= 15 is 0 Å². The molecule has 0 saturated carbocycles. The molecule has 19 heavy (non-hydrogen) atoms. The van der Waals surface area contributed by atoms with Gasteiger partial charge in [-0.15, -0.1) is 0 Å². The minimum Gasteiger partial charge on any atom is -0.478 e. The number of hydrogen-bond donors (Lipinski definition) is 3. The largest absolute Gasteiger partial charge is 0.478 e. The predicted octanol–water partition coefficient (Wildman–Crippen LogP) is 3.34. The van der Waals surface area contributed by atoms with E-state index in [1.807, 2.05) is 24.3 Å². The first-order chi connectivity index (χ1) is 9.06. The van der Waals surface area contributed by atoms with Crippen molar-refractivity contribution in [2.75, 3.05) is 11.1 Å². The fourth-order valence-electron chi connectivity index (χ4n) is 1.69. The summed E-state index contributed by atoms with van der Waals surface area (Å²) in [7, 11) is 0. The minimum atomic E-state index is -0.967. The molecule has 0 saturated heterocycles. The van der Waals surface area contributed by atoms with Crippen molar-refractivity contribution < 1.29 is 9.90 Å². The molecule has 98 valence electrons. The predicted molar refractivity (Wildman–Crippen MR) is 79.3 cm³/mol. The second-order valence-electron chi connectivity index (χ2n) is 4.09. The Morgan fingerprint density at radius 3 is 2.74 bits per heavy atom. The van der Waals surface area contributed by atoms with Crippen molar-refractivity contribution in [3.05, 3.63) is 58.1 Å². The summed E-state index contributed by atoms with van der Waals surface area (Å²) in [6.45, 7) is 0.576. The summed E-state index contributed by atoms with van der Waals surface area (Å²) in [6.07, 6.45) is 0. The van der Waals surface area contributed by atoms with Gasteiger partial charge >= 0.3 is 5.97 Å². The lowest BCUT2D eigenvalue weighted by atomic mass is 10.1. The van der Waals surface area contributed by atoms with Gasteiger partial charge < -0.3 is 16.2 Å². The molecule has 4 N–H and O–H groups in total. The average Bonchev–Trinajstić information content (AvgIpc) is 2.37. The molecule has 2 rings (SSSR count). The highest BCUT2D eigenvalue weighted by atomic mass is 79.9. The van der Waals surface area contributed by atoms with E-state index in [2.05, 4.69) is 21.2 Å². The molecule has 0 unspecified atom stereocenters. The van der Waals surface area contributed by atoms with Gasteiger partial charge in [-0.25, -0.2) is 4.79 Å². The topological polar surface area (TPSA) is 75.4 Å². The Bertz CT molecular complexity index is 614. The first-order valence-corrected chi connectivity index (χ1v) is 6.46. The SMILES string of the molecule is Nc1ccc(C(=O)O)cc1NCc1cccc(Br)c1. The van der Waals surface area contributed by atoms with Gasteiger partial charge in [-0.05, 0) is 35.9 Å². The van der Waals surface area contributed by atoms with Gasteiger partial charge in [0.25, 0.3) is 0 Å². The molecule has 2 aromatic carbocycles. The first-order valence-electron chi connectivity index (χ1n) is 5.67. The summed E-state index contributed by atoms with van der Waals surface area (Å²) >= 11 is 3.40. The van der Waals surface area contributed by atoms with E-state index in [0.29, 0.717) is 17.9 Å². The molecule has 0 spiro atoms. The molecule has 0 aliphatic carbocycles. The number of halogens is 1. The average molecular weight is 321 g/mol. The van der Waals surface area contributed by atoms with Gasteiger partial charge in [-0.2, -0.15) is 0 Å². The lowest BCUT2D eigenvalue weighted by Gasteiger charge is -2.10. The number of benzene rings is 2. The van der Waals surface area contributed by atoms with Crippen LogP contribution in [-0.2, 0) is 6.54 Å². The van der Waals surface area contributed by atoms with Crippen LogP contribution in [0.5, 0.6) is 0 Å². The molecule has 0 aromatic heterocycles. The zero-order valence-electron chi connectivity index (χ0n) is 10.1. The lowest BCUT2D eigenvalue weighted by Crippen LogP contribution is -2.05. The quantitative estimate of drug-likeness (QED) is 0.755. The van der Waals surface area contributed by atoms with Crippen LogP contribution >= 0.6 is 15.9 Å². The Morgan fingerprint density at radius 2 is 2.05 bits per heavy atom. The third kappa shape index (κ3) is 3.48. The van der Waals surface area contributed by atoms with Crippen molar-refractivity contribution in [3.8, 4) is 0 Å². The number of nitrogens with two attached hydrogens (primary N) is 1. The van der Waals surface area contributed by atoms with Crippen LogP contribution in [0.1, 0.15) is 15.9 Å². The van der Waals surface area contributed by atoms with Gasteiger partial charge in [0, 0.05) is 11.0 Å². The summed E-state index contributed by atoms with van der Waals surface area (Å²) < 4.78 is 0.999. The van der Waals surface area contributed by atoms with Gasteiger partial charge in [-0.3, -0.25) is 0 Å². The van der Waals surface area contributed by atoms with Gasteiger partial charge in [0.1, 0.15) is 0 Å². The third-order valence-electron chi connectivity index (χ3n) is 2.67. The summed E-state index contributed by atoms with van der Waals surface area (Å²) in [4.78, 5) is 10.9. The van der Waals surface area contributed by atoms with E-state index in [0.717, 1.165) is 10.0 Å². The maximum absolute atomic E-state index is 10.9. The maximum Gasteiger partial charge on any atom is 0.335 e. The van der Waals surface area contributed by atoms with Crippen molar-refractivity contribution >= 4 is 33.3 Å². The van der Waals surface area contributed by atoms with Crippen LogP contribution in [0, 0.1) is 0 Å². The van der Waals surface area contributed by atoms with Crippen LogP contribution in [0.3, 0.4) is 0 Å². The molecular weight excluding hydrogens is 308 g/mol. The Morgan fingerprint density at radius 1 is 1.26 bits per heavy atom. The molecule has 0 bridgehead atoms. The Hall–Kier alpha value is -2.01. The number of carboxylic acids is 1. The second kappa shape index (κ2) is 5.75. The number of nitrogen functional groups attached to an aromatic ring is 1. The fourth-order valence-corrected chi connectivity index (χ4v) is 2.13. The highest BCUT2D eigenvalue weighted by molar-refractivity contribution is 9.10. The van der Waals surface area contributed by atoms with Crippen molar-refractivity contribution in [3.63, 3.8) is 0 Å². The molecule has 0 aliphatic heterocycles. The zero-order valence-corrected chi connectivity index (χ0v) is 11.6. The van der Waals surface area contributed by atoms with Crippen LogP contribution < -0.4 is 11.1 Å². The van der Waals surface area contributed by atoms with E-state index in [1.54, 1.807) is 6.07 Å². The number of carboxylic acid groups (broad SMARTS) is 1. The molecule has 5 heteroatoms. The minimum absolute atomic E-state index is 0.214. The van der Waals surface area contributed by atoms with Crippen molar-refractivity contribution in [2.24, 2.45) is 0 Å². The number of nitrogens with one attached hydrogen (secondary N) is 1. The van der Waals surface area contributed by atoms with E-state index in [1.165, 1.54) is 12.1 Å². The van der Waals surface area contributed by atoms with Crippen molar-refractivity contribution in [1.82, 2.24) is 0 Å². The fraction of sp³-hybridized carbons (Fsp3) is 0.0714. The third-order valence-corrected chi connectivity index (χ3v) is 3.17. The molecule has 4 nitrogen and oxygen atoms in total. The number of hydrogen-bond acceptors (Lipinski definition) is 3. The first kappa shape index (κ1) is 13.4. The lowest BCUT2D eigenvalue weighted by molar-refractivity contribution is 0.0697. The number of aromatic carboxylic acids is 1. The maximum atomic E-state index is 10.9. The zero-order chi connectivity index (χ0) is 13.8. The van der Waals surface area contributed by atoms with Crippen LogP contribution in [-0.4, -0.2) is 11.1 Å². The normalized spacial score (nSPS) is 10.2. The van der Waals surface area contributed by atoms with Crippen molar-refractivity contribution in [1.29, 1.82) is 0 Å². The van der Waals surface area contributed by atoms with Crippen LogP contribution in [0.15, 0.2) is 46.9 Å². The van der Waals surface area contributed by atoms with Gasteiger partial charge in [-0.1, -0.05) is 28.1 Å². The highest BCUT2D eigenvalue weighted by Crippen LogP contribution is 2.21. The van der Waals surface area contributed by atoms with Crippen molar-refractivity contribution in [2.45, 2.75) is 6.54 Å². The summed E-state index contributed by atoms with van der Waals surface area (Å²) in [5, 5.41) is 12.1. The summed E-state index contributed by atoms with van der Waals surface area (Å²) in [5.74, 6) is -0.967. The van der Waals surface area contributed by atoms with Gasteiger partial charge in [0.2, 0.25) is 0 Å². The molecule has 0 fully saturated rings. The molecule has 2 aromatic rings. The van der Waals surface area contributed by atoms with E-state index < -0.39 is 5.97 Å². The Kier molecular flexibility index (Phi) is 4.06. The van der Waals surface area contributed by atoms with E-state index in [4.69, 9.17) is 10.8 Å². The second-order valence-corrected chi connectivity index (χ2v) is 5.01. The van der Waals surface area contributed by atoms with Gasteiger partial charge in [0.15, 0.2) is 0 Å². The molecule has 0 atom stereocenters. The highest BCUT2D eigenvalue weighted by Gasteiger charge is 2.06. The van der Waals surface area contributed by atoms with Crippen LogP contribution in [0.2, 0.25) is 0 Å². The molecule has 0 radical (unpaired) electrons. The van der Waals surface area contributed by atoms with Gasteiger partial charge in [0.05, 0.1) is 16.9 Å². The number of anilines is 2. The Labute approximate surface area is 119 Å². The molecular formula is C14H13BrN2O2. The number of rotatable bonds is 4. The number of carbonyl (C=O) groups is 1. The molecule has 0 amide bonds. The smallest absolute Gasteiger partial charge is 0.335 e. The molecule has 0 heterocycles. The summed E-state index contributed by atoms with van der Waals surface area (Å²) in [6, 6.07) is 12.5. The van der Waals surface area contributed by atoms with E-state index in [9.17, 15) is 4.79 Å². The molecule has 0 aliphatic rings. The van der Waals surface area contributed by atoms with Crippen LogP contribution in [0.4, 0.5) is 11.4 Å². The Balaban J connectivity index is 2.15. The van der Waals surface area contributed by atoms with Crippen LogP contribution in [0.25, 0.3) is 0 Å².